The molecule has 0 aliphatic carbocycles. The Kier molecular flexibility index (Phi) is 7.96. The van der Waals surface area contributed by atoms with Crippen LogP contribution in [0.5, 0.6) is 0 Å². The van der Waals surface area contributed by atoms with Crippen LogP contribution in [-0.4, -0.2) is 44.2 Å². The van der Waals surface area contributed by atoms with E-state index in [1.54, 1.807) is 36.5 Å². The molecule has 1 aromatic carbocycles. The largest absolute Gasteiger partial charge is 0.379 e. The predicted octanol–water partition coefficient (Wildman–Crippen LogP) is 2.47. The number of fused-ring (bicyclic) bond motifs is 2. The summed E-state index contributed by atoms with van der Waals surface area (Å²) in [7, 11) is -3.75. The zero-order valence-electron chi connectivity index (χ0n) is 19.9. The SMILES string of the molecule is Cl.O=c1c(-c2ccccc2)c2n(c(=O)n1CCCNC(=S)Cc1cccc3nccn13)CCCS2(=O)=O. The maximum atomic E-state index is 13.4. The molecule has 1 N–H and O–H groups in total. The van der Waals surface area contributed by atoms with E-state index < -0.39 is 21.1 Å². The van der Waals surface area contributed by atoms with Gasteiger partial charge in [-0.1, -0.05) is 48.6 Å². The van der Waals surface area contributed by atoms with Crippen molar-refractivity contribution in [2.45, 2.75) is 37.4 Å². The summed E-state index contributed by atoms with van der Waals surface area (Å²) in [6.45, 7) is 0.867. The molecule has 9 nitrogen and oxygen atoms in total. The van der Waals surface area contributed by atoms with Crippen LogP contribution < -0.4 is 16.6 Å². The molecule has 0 saturated heterocycles. The van der Waals surface area contributed by atoms with Crippen LogP contribution in [0.3, 0.4) is 0 Å². The fourth-order valence-electron chi connectivity index (χ4n) is 4.60. The Bertz CT molecular complexity index is 1680. The van der Waals surface area contributed by atoms with Crippen LogP contribution in [0, 0.1) is 0 Å². The summed E-state index contributed by atoms with van der Waals surface area (Å²) in [5.74, 6) is -0.0795. The molecule has 3 aromatic heterocycles. The van der Waals surface area contributed by atoms with Gasteiger partial charge in [-0.3, -0.25) is 13.9 Å². The van der Waals surface area contributed by atoms with Crippen molar-refractivity contribution in [2.24, 2.45) is 0 Å². The molecule has 1 aliphatic heterocycles. The van der Waals surface area contributed by atoms with E-state index in [2.05, 4.69) is 10.3 Å². The molecule has 0 bridgehead atoms. The number of aromatic nitrogens is 4. The number of nitrogens with one attached hydrogen (secondary N) is 1. The fraction of sp³-hybridized carbons (Fsp3) is 0.280. The highest BCUT2D eigenvalue weighted by Gasteiger charge is 2.32. The lowest BCUT2D eigenvalue weighted by Gasteiger charge is -2.23. The topological polar surface area (TPSA) is 107 Å². The number of hydrogen-bond donors (Lipinski definition) is 1. The van der Waals surface area contributed by atoms with Crippen molar-refractivity contribution in [3.8, 4) is 11.1 Å². The van der Waals surface area contributed by atoms with Crippen molar-refractivity contribution >= 4 is 45.1 Å². The van der Waals surface area contributed by atoms with Crippen LogP contribution >= 0.6 is 24.6 Å². The first-order chi connectivity index (χ1) is 17.4. The molecule has 0 unspecified atom stereocenters. The van der Waals surface area contributed by atoms with Crippen LogP contribution in [0.25, 0.3) is 16.8 Å². The van der Waals surface area contributed by atoms with Gasteiger partial charge in [0.25, 0.3) is 5.56 Å². The van der Waals surface area contributed by atoms with E-state index in [9.17, 15) is 18.0 Å². The average molecular weight is 560 g/mol. The minimum Gasteiger partial charge on any atom is -0.379 e. The first-order valence-corrected chi connectivity index (χ1v) is 13.8. The molecule has 0 atom stereocenters. The molecule has 37 heavy (non-hydrogen) atoms. The van der Waals surface area contributed by atoms with Crippen molar-refractivity contribution in [3.05, 3.63) is 87.5 Å². The fourth-order valence-corrected chi connectivity index (χ4v) is 6.58. The Morgan fingerprint density at radius 3 is 2.65 bits per heavy atom. The van der Waals surface area contributed by atoms with Gasteiger partial charge in [0.15, 0.2) is 14.9 Å². The van der Waals surface area contributed by atoms with Crippen molar-refractivity contribution in [1.82, 2.24) is 23.8 Å². The van der Waals surface area contributed by atoms with Gasteiger partial charge in [0, 0.05) is 44.1 Å². The van der Waals surface area contributed by atoms with E-state index in [0.717, 1.165) is 15.9 Å². The number of sulfone groups is 1. The average Bonchev–Trinajstić information content (AvgIpc) is 3.35. The second-order valence-electron chi connectivity index (χ2n) is 8.66. The van der Waals surface area contributed by atoms with Crippen molar-refractivity contribution in [2.75, 3.05) is 12.3 Å². The molecule has 0 spiro atoms. The minimum absolute atomic E-state index is 0. The highest BCUT2D eigenvalue weighted by molar-refractivity contribution is 7.91. The number of rotatable bonds is 7. The highest BCUT2D eigenvalue weighted by atomic mass is 35.5. The molecule has 12 heteroatoms. The van der Waals surface area contributed by atoms with Gasteiger partial charge in [-0.2, -0.15) is 0 Å². The normalized spacial score (nSPS) is 14.1. The zero-order valence-corrected chi connectivity index (χ0v) is 22.3. The molecular formula is C25H26ClN5O4S2. The molecule has 0 fully saturated rings. The molecule has 4 heterocycles. The third-order valence-electron chi connectivity index (χ3n) is 6.27. The van der Waals surface area contributed by atoms with Gasteiger partial charge < -0.3 is 9.72 Å². The van der Waals surface area contributed by atoms with Gasteiger partial charge in [-0.15, -0.1) is 12.4 Å². The molecule has 0 amide bonds. The number of hydrogen-bond acceptors (Lipinski definition) is 6. The van der Waals surface area contributed by atoms with Gasteiger partial charge in [0.1, 0.15) is 5.65 Å². The monoisotopic (exact) mass is 559 g/mol. The second-order valence-corrected chi connectivity index (χ2v) is 11.2. The molecule has 4 aromatic rings. The third kappa shape index (κ3) is 5.25. The van der Waals surface area contributed by atoms with E-state index in [1.165, 1.54) is 4.57 Å². The van der Waals surface area contributed by atoms with Gasteiger partial charge in [-0.25, -0.2) is 18.2 Å². The Balaban J connectivity index is 0.00000320. The summed E-state index contributed by atoms with van der Waals surface area (Å²) in [4.78, 5) is 31.5. The predicted molar refractivity (Wildman–Crippen MR) is 148 cm³/mol. The Labute approximate surface area is 225 Å². The lowest BCUT2D eigenvalue weighted by atomic mass is 10.1. The van der Waals surface area contributed by atoms with Crippen molar-refractivity contribution < 1.29 is 8.42 Å². The summed E-state index contributed by atoms with van der Waals surface area (Å²) in [6.07, 6.45) is 4.94. The van der Waals surface area contributed by atoms with Crippen molar-refractivity contribution in [1.29, 1.82) is 0 Å². The lowest BCUT2D eigenvalue weighted by Crippen LogP contribution is -2.45. The number of pyridine rings is 1. The van der Waals surface area contributed by atoms with E-state index in [-0.39, 0.29) is 41.8 Å². The highest BCUT2D eigenvalue weighted by Crippen LogP contribution is 2.27. The number of imidazole rings is 1. The molecule has 1 aliphatic rings. The van der Waals surface area contributed by atoms with E-state index in [1.807, 2.05) is 28.8 Å². The number of benzene rings is 1. The first-order valence-electron chi connectivity index (χ1n) is 11.7. The third-order valence-corrected chi connectivity index (χ3v) is 8.40. The van der Waals surface area contributed by atoms with E-state index in [0.29, 0.717) is 36.4 Å². The number of thiocarbonyl (C=S) groups is 1. The summed E-state index contributed by atoms with van der Waals surface area (Å²) >= 11 is 5.50. The second kappa shape index (κ2) is 11.0. The lowest BCUT2D eigenvalue weighted by molar-refractivity contribution is 0.474. The zero-order chi connectivity index (χ0) is 25.3. The van der Waals surface area contributed by atoms with Gasteiger partial charge in [-0.05, 0) is 30.5 Å². The summed E-state index contributed by atoms with van der Waals surface area (Å²) in [6, 6.07) is 14.5. The smallest absolute Gasteiger partial charge is 0.332 e. The van der Waals surface area contributed by atoms with E-state index >= 15 is 0 Å². The van der Waals surface area contributed by atoms with Crippen LogP contribution in [0.2, 0.25) is 0 Å². The number of nitrogens with zero attached hydrogens (tertiary/aromatic N) is 4. The maximum absolute atomic E-state index is 13.4. The van der Waals surface area contributed by atoms with Crippen LogP contribution in [-0.2, 0) is 29.3 Å². The van der Waals surface area contributed by atoms with Crippen molar-refractivity contribution in [3.63, 3.8) is 0 Å². The van der Waals surface area contributed by atoms with Gasteiger partial charge in [0.2, 0.25) is 0 Å². The summed E-state index contributed by atoms with van der Waals surface area (Å²) < 4.78 is 30.1. The summed E-state index contributed by atoms with van der Waals surface area (Å²) in [5.41, 5.74) is 1.22. The first kappa shape index (κ1) is 26.8. The van der Waals surface area contributed by atoms with Gasteiger partial charge >= 0.3 is 5.69 Å². The maximum Gasteiger partial charge on any atom is 0.332 e. The standard InChI is InChI=1S/C25H25N5O4S2.ClH/c31-23-22(18-7-2-1-3-8-18)24-30(14-6-16-36(24,33)34)25(32)29(23)13-5-11-27-21(35)17-19-9-4-10-20-26-12-15-28(19)20;/h1-4,7-10,12,15H,5-6,11,13-14,16-17H2,(H,27,35);1H. The van der Waals surface area contributed by atoms with Gasteiger partial charge in [0.05, 0.1) is 16.3 Å². The molecule has 5 rings (SSSR count). The van der Waals surface area contributed by atoms with Crippen LogP contribution in [0.15, 0.2) is 75.5 Å². The Morgan fingerprint density at radius 2 is 1.86 bits per heavy atom. The van der Waals surface area contributed by atoms with Crippen LogP contribution in [0.4, 0.5) is 0 Å². The molecule has 0 saturated carbocycles. The molecule has 194 valence electrons. The Morgan fingerprint density at radius 1 is 1.08 bits per heavy atom. The molecular weight excluding hydrogens is 534 g/mol. The number of halogens is 1. The van der Waals surface area contributed by atoms with Crippen LogP contribution in [0.1, 0.15) is 18.5 Å². The summed E-state index contributed by atoms with van der Waals surface area (Å²) in [5, 5.41) is 3.03. The minimum atomic E-state index is -3.75. The quantitative estimate of drug-likeness (QED) is 0.210. The Hall–Kier alpha value is -3.28. The molecule has 0 radical (unpaired) electrons. The van der Waals surface area contributed by atoms with E-state index in [4.69, 9.17) is 12.2 Å².